The fourth-order valence-corrected chi connectivity index (χ4v) is 1.65. The number of nitrogens with one attached hydrogen (secondary N) is 1. The molecular weight excluding hydrogens is 266 g/mol. The molecule has 16 heavy (non-hydrogen) atoms. The van der Waals surface area contributed by atoms with Crippen LogP contribution in [-0.2, 0) is 6.42 Å². The molecule has 2 nitrogen and oxygen atoms in total. The number of hydrogen-bond acceptors (Lipinski definition) is 1. The minimum atomic E-state index is 0.0235. The molecule has 0 aliphatic heterocycles. The smallest absolute Gasteiger partial charge is 0.251 e. The molecule has 0 aliphatic rings. The zero-order valence-electron chi connectivity index (χ0n) is 9.79. The Balaban J connectivity index is 2.65. The summed E-state index contributed by atoms with van der Waals surface area (Å²) in [5.41, 5.74) is 1.89. The standard InChI is InChI=1S/C13H18BrNO/c1-3-10-7-5-6-8-12(10)13(16)15-9-11(14)4-2/h5-8,11H,3-4,9H2,1-2H3,(H,15,16). The summed E-state index contributed by atoms with van der Waals surface area (Å²) >= 11 is 3.50. The third kappa shape index (κ3) is 3.63. The average molecular weight is 284 g/mol. The molecule has 0 heterocycles. The quantitative estimate of drug-likeness (QED) is 0.827. The summed E-state index contributed by atoms with van der Waals surface area (Å²) in [5, 5.41) is 2.94. The fraction of sp³-hybridized carbons (Fsp3) is 0.462. The molecule has 0 spiro atoms. The van der Waals surface area contributed by atoms with Crippen molar-refractivity contribution in [2.24, 2.45) is 0 Å². The van der Waals surface area contributed by atoms with E-state index in [0.717, 1.165) is 24.0 Å². The largest absolute Gasteiger partial charge is 0.351 e. The maximum absolute atomic E-state index is 11.9. The molecule has 0 aliphatic carbocycles. The van der Waals surface area contributed by atoms with E-state index in [9.17, 15) is 4.79 Å². The minimum absolute atomic E-state index is 0.0235. The molecule has 1 aromatic carbocycles. The molecule has 0 bridgehead atoms. The highest BCUT2D eigenvalue weighted by atomic mass is 79.9. The van der Waals surface area contributed by atoms with Gasteiger partial charge in [0.1, 0.15) is 0 Å². The van der Waals surface area contributed by atoms with Crippen LogP contribution in [0.5, 0.6) is 0 Å². The van der Waals surface area contributed by atoms with Gasteiger partial charge in [-0.1, -0.05) is 48.0 Å². The molecule has 1 atom stereocenters. The number of aryl methyl sites for hydroxylation is 1. The first kappa shape index (κ1) is 13.2. The van der Waals surface area contributed by atoms with E-state index in [1.807, 2.05) is 24.3 Å². The lowest BCUT2D eigenvalue weighted by atomic mass is 10.0. The topological polar surface area (TPSA) is 29.1 Å². The van der Waals surface area contributed by atoms with E-state index < -0.39 is 0 Å². The Morgan fingerprint density at radius 1 is 1.38 bits per heavy atom. The molecule has 0 saturated heterocycles. The van der Waals surface area contributed by atoms with Gasteiger partial charge in [-0.05, 0) is 24.5 Å². The molecule has 0 saturated carbocycles. The Bertz CT molecular complexity index is 352. The van der Waals surface area contributed by atoms with Crippen LogP contribution in [0.25, 0.3) is 0 Å². The van der Waals surface area contributed by atoms with Crippen LogP contribution in [0.2, 0.25) is 0 Å². The third-order valence-corrected chi connectivity index (χ3v) is 3.54. The first-order valence-electron chi connectivity index (χ1n) is 5.69. The summed E-state index contributed by atoms with van der Waals surface area (Å²) in [7, 11) is 0. The van der Waals surface area contributed by atoms with Gasteiger partial charge in [-0.15, -0.1) is 0 Å². The second-order valence-electron chi connectivity index (χ2n) is 3.73. The van der Waals surface area contributed by atoms with Crippen molar-refractivity contribution in [2.75, 3.05) is 6.54 Å². The molecule has 0 aromatic heterocycles. The van der Waals surface area contributed by atoms with Crippen molar-refractivity contribution in [3.63, 3.8) is 0 Å². The molecular formula is C13H18BrNO. The molecule has 1 N–H and O–H groups in total. The lowest BCUT2D eigenvalue weighted by Crippen LogP contribution is -2.29. The lowest BCUT2D eigenvalue weighted by molar-refractivity contribution is 0.0953. The molecule has 88 valence electrons. The first-order chi connectivity index (χ1) is 7.69. The molecule has 3 heteroatoms. The van der Waals surface area contributed by atoms with E-state index in [-0.39, 0.29) is 5.91 Å². The number of alkyl halides is 1. The van der Waals surface area contributed by atoms with E-state index in [4.69, 9.17) is 0 Å². The van der Waals surface area contributed by atoms with Crippen LogP contribution in [0.3, 0.4) is 0 Å². The Labute approximate surface area is 106 Å². The van der Waals surface area contributed by atoms with Gasteiger partial charge in [0.25, 0.3) is 5.91 Å². The lowest BCUT2D eigenvalue weighted by Gasteiger charge is -2.11. The van der Waals surface area contributed by atoms with Crippen LogP contribution in [0, 0.1) is 0 Å². The summed E-state index contributed by atoms with van der Waals surface area (Å²) in [6.45, 7) is 4.82. The maximum atomic E-state index is 11.9. The summed E-state index contributed by atoms with van der Waals surface area (Å²) in [5.74, 6) is 0.0235. The molecule has 1 aromatic rings. The van der Waals surface area contributed by atoms with Gasteiger partial charge >= 0.3 is 0 Å². The second kappa shape index (κ2) is 6.69. The Morgan fingerprint density at radius 2 is 2.06 bits per heavy atom. The van der Waals surface area contributed by atoms with Crippen molar-refractivity contribution in [1.29, 1.82) is 0 Å². The van der Waals surface area contributed by atoms with Crippen LogP contribution >= 0.6 is 15.9 Å². The van der Waals surface area contributed by atoms with Gasteiger partial charge in [-0.3, -0.25) is 4.79 Å². The minimum Gasteiger partial charge on any atom is -0.351 e. The van der Waals surface area contributed by atoms with Gasteiger partial charge in [-0.2, -0.15) is 0 Å². The van der Waals surface area contributed by atoms with Gasteiger partial charge in [-0.25, -0.2) is 0 Å². The molecule has 0 radical (unpaired) electrons. The number of carbonyl (C=O) groups is 1. The number of halogens is 1. The van der Waals surface area contributed by atoms with Crippen LogP contribution in [0.15, 0.2) is 24.3 Å². The van der Waals surface area contributed by atoms with Crippen LogP contribution in [-0.4, -0.2) is 17.3 Å². The summed E-state index contributed by atoms with van der Waals surface area (Å²) in [6.07, 6.45) is 1.89. The second-order valence-corrected chi connectivity index (χ2v) is 5.02. The SMILES string of the molecule is CCc1ccccc1C(=O)NCC(Br)CC. The highest BCUT2D eigenvalue weighted by molar-refractivity contribution is 9.09. The number of benzene rings is 1. The summed E-state index contributed by atoms with van der Waals surface area (Å²) < 4.78 is 0. The van der Waals surface area contributed by atoms with Crippen molar-refractivity contribution in [2.45, 2.75) is 31.5 Å². The van der Waals surface area contributed by atoms with E-state index in [0.29, 0.717) is 11.4 Å². The number of amides is 1. The fourth-order valence-electron chi connectivity index (χ4n) is 1.49. The number of rotatable bonds is 5. The van der Waals surface area contributed by atoms with Gasteiger partial charge in [0.15, 0.2) is 0 Å². The van der Waals surface area contributed by atoms with Gasteiger partial charge in [0.05, 0.1) is 0 Å². The van der Waals surface area contributed by atoms with Crippen LogP contribution < -0.4 is 5.32 Å². The summed E-state index contributed by atoms with van der Waals surface area (Å²) in [6, 6.07) is 7.75. The van der Waals surface area contributed by atoms with Crippen LogP contribution in [0.1, 0.15) is 36.2 Å². The zero-order chi connectivity index (χ0) is 12.0. The van der Waals surface area contributed by atoms with E-state index in [2.05, 4.69) is 35.1 Å². The molecule has 1 amide bonds. The molecule has 1 unspecified atom stereocenters. The van der Waals surface area contributed by atoms with Crippen molar-refractivity contribution >= 4 is 21.8 Å². The summed E-state index contributed by atoms with van der Waals surface area (Å²) in [4.78, 5) is 12.3. The van der Waals surface area contributed by atoms with E-state index >= 15 is 0 Å². The van der Waals surface area contributed by atoms with Gasteiger partial charge in [0, 0.05) is 16.9 Å². The Hall–Kier alpha value is -0.830. The van der Waals surface area contributed by atoms with Crippen molar-refractivity contribution in [3.05, 3.63) is 35.4 Å². The first-order valence-corrected chi connectivity index (χ1v) is 6.60. The third-order valence-electron chi connectivity index (χ3n) is 2.57. The Kier molecular flexibility index (Phi) is 5.53. The monoisotopic (exact) mass is 283 g/mol. The predicted molar refractivity (Wildman–Crippen MR) is 71.2 cm³/mol. The predicted octanol–water partition coefficient (Wildman–Crippen LogP) is 3.15. The molecule has 0 fully saturated rings. The zero-order valence-corrected chi connectivity index (χ0v) is 11.4. The maximum Gasteiger partial charge on any atom is 0.251 e. The average Bonchev–Trinajstić information content (AvgIpc) is 2.35. The normalized spacial score (nSPS) is 12.2. The van der Waals surface area contributed by atoms with Crippen molar-refractivity contribution in [1.82, 2.24) is 5.32 Å². The van der Waals surface area contributed by atoms with Crippen molar-refractivity contribution in [3.8, 4) is 0 Å². The van der Waals surface area contributed by atoms with E-state index in [1.165, 1.54) is 0 Å². The van der Waals surface area contributed by atoms with Crippen molar-refractivity contribution < 1.29 is 4.79 Å². The van der Waals surface area contributed by atoms with Gasteiger partial charge in [0.2, 0.25) is 0 Å². The molecule has 1 rings (SSSR count). The van der Waals surface area contributed by atoms with E-state index in [1.54, 1.807) is 0 Å². The van der Waals surface area contributed by atoms with Gasteiger partial charge < -0.3 is 5.32 Å². The highest BCUT2D eigenvalue weighted by Gasteiger charge is 2.10. The highest BCUT2D eigenvalue weighted by Crippen LogP contribution is 2.09. The number of carbonyl (C=O) groups excluding carboxylic acids is 1. The van der Waals surface area contributed by atoms with Crippen LogP contribution in [0.4, 0.5) is 0 Å². The number of hydrogen-bond donors (Lipinski definition) is 1. The Morgan fingerprint density at radius 3 is 2.69 bits per heavy atom.